The lowest BCUT2D eigenvalue weighted by molar-refractivity contribution is 0.105. The second kappa shape index (κ2) is 3.48. The zero-order valence-corrected chi connectivity index (χ0v) is 7.79. The summed E-state index contributed by atoms with van der Waals surface area (Å²) >= 11 is 0. The second-order valence-electron chi connectivity index (χ2n) is 3.41. The molecular formula is C11H14O2. The molecule has 0 amide bonds. The van der Waals surface area contributed by atoms with Gasteiger partial charge in [0.1, 0.15) is 0 Å². The number of aliphatic hydroxyl groups excluding tert-OH is 1. The molecule has 1 aromatic carbocycles. The molecule has 1 atom stereocenters. The lowest BCUT2D eigenvalue weighted by Crippen LogP contribution is -1.96. The fourth-order valence-electron chi connectivity index (χ4n) is 2.08. The summed E-state index contributed by atoms with van der Waals surface area (Å²) in [5.74, 6) is 0. The Balaban J connectivity index is 2.43. The number of fused-ring (bicyclic) bond motifs is 1. The summed E-state index contributed by atoms with van der Waals surface area (Å²) in [4.78, 5) is 0. The van der Waals surface area contributed by atoms with E-state index < -0.39 is 0 Å². The van der Waals surface area contributed by atoms with E-state index in [9.17, 15) is 0 Å². The molecule has 2 nitrogen and oxygen atoms in total. The average Bonchev–Trinajstić information content (AvgIpc) is 2.60. The van der Waals surface area contributed by atoms with Crippen LogP contribution in [0.25, 0.3) is 0 Å². The second-order valence-corrected chi connectivity index (χ2v) is 3.41. The number of aliphatic hydroxyl groups is 1. The van der Waals surface area contributed by atoms with Gasteiger partial charge in [-0.3, -0.25) is 0 Å². The first-order valence-corrected chi connectivity index (χ1v) is 4.61. The van der Waals surface area contributed by atoms with E-state index in [-0.39, 0.29) is 12.7 Å². The normalized spacial score (nSPS) is 20.3. The van der Waals surface area contributed by atoms with Crippen molar-refractivity contribution < 1.29 is 9.84 Å². The molecule has 1 aromatic rings. The van der Waals surface area contributed by atoms with Gasteiger partial charge in [0.05, 0.1) is 12.7 Å². The van der Waals surface area contributed by atoms with Crippen LogP contribution >= 0.6 is 0 Å². The lowest BCUT2D eigenvalue weighted by Gasteiger charge is -2.09. The standard InChI is InChI=1S/C11H14O2/c1-13-11-6-5-9-8(7-12)3-2-4-10(9)11/h2-4,11-12H,5-7H2,1H3. The average molecular weight is 178 g/mol. The van der Waals surface area contributed by atoms with E-state index in [4.69, 9.17) is 9.84 Å². The van der Waals surface area contributed by atoms with Gasteiger partial charge >= 0.3 is 0 Å². The van der Waals surface area contributed by atoms with Crippen LogP contribution in [-0.4, -0.2) is 12.2 Å². The van der Waals surface area contributed by atoms with Crippen molar-refractivity contribution in [2.45, 2.75) is 25.6 Å². The Morgan fingerprint density at radius 1 is 1.54 bits per heavy atom. The molecule has 1 aliphatic rings. The van der Waals surface area contributed by atoms with Crippen molar-refractivity contribution in [3.63, 3.8) is 0 Å². The molecule has 0 aliphatic heterocycles. The van der Waals surface area contributed by atoms with Crippen molar-refractivity contribution in [2.24, 2.45) is 0 Å². The highest BCUT2D eigenvalue weighted by Crippen LogP contribution is 2.35. The third kappa shape index (κ3) is 1.36. The number of hydrogen-bond acceptors (Lipinski definition) is 2. The topological polar surface area (TPSA) is 29.5 Å². The molecule has 0 heterocycles. The molecule has 70 valence electrons. The third-order valence-corrected chi connectivity index (χ3v) is 2.77. The maximum Gasteiger partial charge on any atom is 0.0827 e. The largest absolute Gasteiger partial charge is 0.392 e. The smallest absolute Gasteiger partial charge is 0.0827 e. The summed E-state index contributed by atoms with van der Waals surface area (Å²) in [7, 11) is 1.74. The highest BCUT2D eigenvalue weighted by molar-refractivity contribution is 5.39. The van der Waals surface area contributed by atoms with Gasteiger partial charge in [-0.15, -0.1) is 0 Å². The van der Waals surface area contributed by atoms with Crippen LogP contribution in [0.5, 0.6) is 0 Å². The molecule has 0 spiro atoms. The van der Waals surface area contributed by atoms with Crippen molar-refractivity contribution in [3.8, 4) is 0 Å². The Hall–Kier alpha value is -0.860. The van der Waals surface area contributed by atoms with E-state index in [2.05, 4.69) is 6.07 Å². The highest BCUT2D eigenvalue weighted by Gasteiger charge is 2.23. The van der Waals surface area contributed by atoms with Gasteiger partial charge in [0.25, 0.3) is 0 Å². The summed E-state index contributed by atoms with van der Waals surface area (Å²) < 4.78 is 5.36. The number of hydrogen-bond donors (Lipinski definition) is 1. The summed E-state index contributed by atoms with van der Waals surface area (Å²) in [6.07, 6.45) is 2.31. The number of methoxy groups -OCH3 is 1. The molecule has 0 bridgehead atoms. The summed E-state index contributed by atoms with van der Waals surface area (Å²) in [6, 6.07) is 6.06. The fraction of sp³-hybridized carbons (Fsp3) is 0.455. The minimum atomic E-state index is 0.138. The van der Waals surface area contributed by atoms with E-state index in [0.29, 0.717) is 0 Å². The SMILES string of the molecule is COC1CCc2c(CO)cccc21. The zero-order valence-electron chi connectivity index (χ0n) is 7.79. The molecule has 0 saturated heterocycles. The highest BCUT2D eigenvalue weighted by atomic mass is 16.5. The van der Waals surface area contributed by atoms with Crippen molar-refractivity contribution in [1.29, 1.82) is 0 Å². The van der Waals surface area contributed by atoms with E-state index in [1.54, 1.807) is 7.11 Å². The molecule has 0 fully saturated rings. The van der Waals surface area contributed by atoms with E-state index in [0.717, 1.165) is 18.4 Å². The molecule has 1 N–H and O–H groups in total. The van der Waals surface area contributed by atoms with Crippen LogP contribution in [0.4, 0.5) is 0 Å². The number of rotatable bonds is 2. The molecule has 1 unspecified atom stereocenters. The summed E-state index contributed by atoms with van der Waals surface area (Å²) in [5, 5.41) is 9.12. The molecular weight excluding hydrogens is 164 g/mol. The van der Waals surface area contributed by atoms with Crippen LogP contribution < -0.4 is 0 Å². The molecule has 0 radical (unpaired) electrons. The van der Waals surface area contributed by atoms with Crippen molar-refractivity contribution in [3.05, 3.63) is 34.9 Å². The first kappa shape index (κ1) is 8.73. The van der Waals surface area contributed by atoms with Gasteiger partial charge in [0.2, 0.25) is 0 Å². The lowest BCUT2D eigenvalue weighted by atomic mass is 10.0. The maximum absolute atomic E-state index is 9.12. The van der Waals surface area contributed by atoms with E-state index >= 15 is 0 Å². The first-order chi connectivity index (χ1) is 6.36. The molecule has 2 heteroatoms. The molecule has 0 saturated carbocycles. The van der Waals surface area contributed by atoms with Gasteiger partial charge in [-0.05, 0) is 29.5 Å². The van der Waals surface area contributed by atoms with Crippen LogP contribution in [0, 0.1) is 0 Å². The van der Waals surface area contributed by atoms with Crippen molar-refractivity contribution >= 4 is 0 Å². The summed E-state index contributed by atoms with van der Waals surface area (Å²) in [5.41, 5.74) is 3.60. The van der Waals surface area contributed by atoms with E-state index in [1.165, 1.54) is 11.1 Å². The Kier molecular flexibility index (Phi) is 2.34. The van der Waals surface area contributed by atoms with Crippen LogP contribution in [0.1, 0.15) is 29.2 Å². The van der Waals surface area contributed by atoms with Crippen molar-refractivity contribution in [1.82, 2.24) is 0 Å². The summed E-state index contributed by atoms with van der Waals surface area (Å²) in [6.45, 7) is 0.138. The Labute approximate surface area is 78.2 Å². The Morgan fingerprint density at radius 3 is 3.08 bits per heavy atom. The quantitative estimate of drug-likeness (QED) is 0.748. The number of benzene rings is 1. The van der Waals surface area contributed by atoms with Crippen LogP contribution in [0.2, 0.25) is 0 Å². The van der Waals surface area contributed by atoms with Gasteiger partial charge in [-0.2, -0.15) is 0 Å². The molecule has 1 aliphatic carbocycles. The molecule has 0 aromatic heterocycles. The Bertz CT molecular complexity index is 307. The van der Waals surface area contributed by atoms with Crippen LogP contribution in [0.15, 0.2) is 18.2 Å². The van der Waals surface area contributed by atoms with Gasteiger partial charge in [-0.25, -0.2) is 0 Å². The van der Waals surface area contributed by atoms with Crippen LogP contribution in [-0.2, 0) is 17.8 Å². The Morgan fingerprint density at radius 2 is 2.38 bits per heavy atom. The monoisotopic (exact) mass is 178 g/mol. The number of ether oxygens (including phenoxy) is 1. The van der Waals surface area contributed by atoms with Gasteiger partial charge < -0.3 is 9.84 Å². The molecule has 13 heavy (non-hydrogen) atoms. The molecule has 2 rings (SSSR count). The van der Waals surface area contributed by atoms with Gasteiger partial charge in [-0.1, -0.05) is 18.2 Å². The predicted molar refractivity (Wildman–Crippen MR) is 50.4 cm³/mol. The first-order valence-electron chi connectivity index (χ1n) is 4.61. The predicted octanol–water partition coefficient (Wildman–Crippen LogP) is 1.81. The minimum Gasteiger partial charge on any atom is -0.392 e. The van der Waals surface area contributed by atoms with Crippen LogP contribution in [0.3, 0.4) is 0 Å². The zero-order chi connectivity index (χ0) is 9.26. The van der Waals surface area contributed by atoms with E-state index in [1.807, 2.05) is 12.1 Å². The van der Waals surface area contributed by atoms with Gasteiger partial charge in [0, 0.05) is 7.11 Å². The fourth-order valence-corrected chi connectivity index (χ4v) is 2.08. The minimum absolute atomic E-state index is 0.138. The third-order valence-electron chi connectivity index (χ3n) is 2.77. The van der Waals surface area contributed by atoms with Crippen molar-refractivity contribution in [2.75, 3.05) is 7.11 Å². The van der Waals surface area contributed by atoms with Gasteiger partial charge in [0.15, 0.2) is 0 Å². The maximum atomic E-state index is 9.12.